The highest BCUT2D eigenvalue weighted by atomic mass is 19.1. The highest BCUT2D eigenvalue weighted by Crippen LogP contribution is 2.23. The van der Waals surface area contributed by atoms with E-state index in [4.69, 9.17) is 0 Å². The molecule has 1 aromatic carbocycles. The van der Waals surface area contributed by atoms with Crippen LogP contribution < -0.4 is 20.9 Å². The molecule has 2 aromatic rings. The molecule has 2 amide bonds. The lowest BCUT2D eigenvalue weighted by Gasteiger charge is -2.19. The monoisotopic (exact) mass is 358 g/mol. The maximum atomic E-state index is 13.0. The number of hydrogen-bond acceptors (Lipinski definition) is 5. The minimum Gasteiger partial charge on any atom is -0.371 e. The third kappa shape index (κ3) is 5.30. The van der Waals surface area contributed by atoms with Crippen molar-refractivity contribution in [3.63, 3.8) is 0 Å². The maximum absolute atomic E-state index is 13.0. The smallest absolute Gasteiger partial charge is 0.314 e. The summed E-state index contributed by atoms with van der Waals surface area (Å²) in [5, 5.41) is 8.74. The van der Waals surface area contributed by atoms with Crippen molar-refractivity contribution < 1.29 is 9.18 Å². The van der Waals surface area contributed by atoms with E-state index in [2.05, 4.69) is 30.8 Å². The molecular formula is C18H23FN6O. The van der Waals surface area contributed by atoms with Crippen LogP contribution in [-0.4, -0.2) is 48.7 Å². The first kappa shape index (κ1) is 17.9. The van der Waals surface area contributed by atoms with E-state index in [0.717, 1.165) is 25.2 Å². The van der Waals surface area contributed by atoms with Gasteiger partial charge in [0.1, 0.15) is 5.82 Å². The van der Waals surface area contributed by atoms with Gasteiger partial charge in [0.25, 0.3) is 0 Å². The minimum atomic E-state index is -0.226. The Balaban J connectivity index is 1.30. The van der Waals surface area contributed by atoms with E-state index < -0.39 is 0 Å². The molecule has 1 fully saturated rings. The molecule has 3 rings (SSSR count). The Morgan fingerprint density at radius 3 is 2.69 bits per heavy atom. The lowest BCUT2D eigenvalue weighted by molar-refractivity contribution is 0.239. The molecule has 1 aliphatic rings. The van der Waals surface area contributed by atoms with Crippen LogP contribution in [0.15, 0.2) is 42.7 Å². The summed E-state index contributed by atoms with van der Waals surface area (Å²) in [6.45, 7) is 3.44. The fraction of sp³-hybridized carbons (Fsp3) is 0.389. The Bertz CT molecular complexity index is 697. The van der Waals surface area contributed by atoms with Gasteiger partial charge in [0.05, 0.1) is 0 Å². The Morgan fingerprint density at radius 1 is 1.15 bits per heavy atom. The summed E-state index contributed by atoms with van der Waals surface area (Å²) >= 11 is 0. The van der Waals surface area contributed by atoms with Gasteiger partial charge in [0.2, 0.25) is 5.95 Å². The van der Waals surface area contributed by atoms with Crippen molar-refractivity contribution in [3.8, 4) is 0 Å². The minimum absolute atomic E-state index is 0.180. The molecule has 1 aromatic heterocycles. The molecule has 0 aliphatic carbocycles. The van der Waals surface area contributed by atoms with Gasteiger partial charge in [0, 0.05) is 50.8 Å². The zero-order chi connectivity index (χ0) is 18.2. The van der Waals surface area contributed by atoms with Crippen LogP contribution >= 0.6 is 0 Å². The first-order valence-electron chi connectivity index (χ1n) is 8.74. The molecule has 1 aliphatic heterocycles. The second-order valence-corrected chi connectivity index (χ2v) is 6.21. The number of amides is 2. The number of nitrogens with one attached hydrogen (secondary N) is 3. The number of nitrogens with zero attached hydrogens (tertiary/aromatic N) is 3. The van der Waals surface area contributed by atoms with Crippen molar-refractivity contribution in [2.75, 3.05) is 42.9 Å². The second-order valence-electron chi connectivity index (χ2n) is 6.21. The van der Waals surface area contributed by atoms with Gasteiger partial charge < -0.3 is 20.9 Å². The SMILES string of the molecule is O=C(NCCNc1ncccn1)NCC1CCN(c2ccc(F)cc2)C1. The van der Waals surface area contributed by atoms with Crippen molar-refractivity contribution in [2.24, 2.45) is 5.92 Å². The largest absolute Gasteiger partial charge is 0.371 e. The average Bonchev–Trinajstić information content (AvgIpc) is 3.14. The number of carbonyl (C=O) groups excluding carboxylic acids is 1. The number of benzene rings is 1. The van der Waals surface area contributed by atoms with Crippen molar-refractivity contribution in [3.05, 3.63) is 48.5 Å². The van der Waals surface area contributed by atoms with Crippen molar-refractivity contribution in [1.29, 1.82) is 0 Å². The summed E-state index contributed by atoms with van der Waals surface area (Å²) in [7, 11) is 0. The number of carbonyl (C=O) groups is 1. The van der Waals surface area contributed by atoms with Crippen LogP contribution in [0.3, 0.4) is 0 Å². The molecular weight excluding hydrogens is 335 g/mol. The molecule has 26 heavy (non-hydrogen) atoms. The molecule has 8 heteroatoms. The van der Waals surface area contributed by atoms with Crippen LogP contribution in [0, 0.1) is 11.7 Å². The summed E-state index contributed by atoms with van der Waals surface area (Å²) in [6.07, 6.45) is 4.32. The normalized spacial score (nSPS) is 16.3. The van der Waals surface area contributed by atoms with Gasteiger partial charge in [-0.2, -0.15) is 0 Å². The zero-order valence-electron chi connectivity index (χ0n) is 14.5. The fourth-order valence-corrected chi connectivity index (χ4v) is 2.93. The van der Waals surface area contributed by atoms with Crippen molar-refractivity contribution in [2.45, 2.75) is 6.42 Å². The van der Waals surface area contributed by atoms with Gasteiger partial charge in [-0.25, -0.2) is 19.2 Å². The predicted molar refractivity (Wildman–Crippen MR) is 98.6 cm³/mol. The van der Waals surface area contributed by atoms with E-state index >= 15 is 0 Å². The number of aromatic nitrogens is 2. The van der Waals surface area contributed by atoms with Gasteiger partial charge >= 0.3 is 6.03 Å². The van der Waals surface area contributed by atoms with Gasteiger partial charge in [0.15, 0.2) is 0 Å². The van der Waals surface area contributed by atoms with E-state index in [-0.39, 0.29) is 11.8 Å². The van der Waals surface area contributed by atoms with Crippen molar-refractivity contribution in [1.82, 2.24) is 20.6 Å². The van der Waals surface area contributed by atoms with Crippen LogP contribution in [0.4, 0.5) is 20.8 Å². The molecule has 1 saturated heterocycles. The Kier molecular flexibility index (Phi) is 6.19. The van der Waals surface area contributed by atoms with Gasteiger partial charge in [-0.1, -0.05) is 0 Å². The maximum Gasteiger partial charge on any atom is 0.314 e. The summed E-state index contributed by atoms with van der Waals surface area (Å²) in [4.78, 5) is 22.2. The summed E-state index contributed by atoms with van der Waals surface area (Å²) in [5.74, 6) is 0.708. The molecule has 7 nitrogen and oxygen atoms in total. The fourth-order valence-electron chi connectivity index (χ4n) is 2.93. The van der Waals surface area contributed by atoms with E-state index in [1.54, 1.807) is 30.6 Å². The first-order valence-corrected chi connectivity index (χ1v) is 8.74. The number of hydrogen-bond donors (Lipinski definition) is 3. The highest BCUT2D eigenvalue weighted by molar-refractivity contribution is 5.73. The average molecular weight is 358 g/mol. The molecule has 0 spiro atoms. The van der Waals surface area contributed by atoms with Crippen molar-refractivity contribution >= 4 is 17.7 Å². The Labute approximate surface area is 152 Å². The van der Waals surface area contributed by atoms with Crippen LogP contribution in [0.5, 0.6) is 0 Å². The third-order valence-electron chi connectivity index (χ3n) is 4.29. The standard InChI is InChI=1S/C18H23FN6O/c19-15-2-4-16(5-3-15)25-11-6-14(13-25)12-24-18(26)23-10-9-22-17-20-7-1-8-21-17/h1-5,7-8,14H,6,9-13H2,(H,20,21,22)(H2,23,24,26). The summed E-state index contributed by atoms with van der Waals surface area (Å²) < 4.78 is 13.0. The highest BCUT2D eigenvalue weighted by Gasteiger charge is 2.23. The van der Waals surface area contributed by atoms with E-state index in [1.165, 1.54) is 12.1 Å². The lowest BCUT2D eigenvalue weighted by atomic mass is 10.1. The third-order valence-corrected chi connectivity index (χ3v) is 4.29. The number of halogens is 1. The van der Waals surface area contributed by atoms with Crippen LogP contribution in [0.25, 0.3) is 0 Å². The Morgan fingerprint density at radius 2 is 1.92 bits per heavy atom. The second kappa shape index (κ2) is 8.98. The topological polar surface area (TPSA) is 82.2 Å². The number of anilines is 2. The van der Waals surface area contributed by atoms with Gasteiger partial charge in [-0.3, -0.25) is 0 Å². The van der Waals surface area contributed by atoms with Crippen LogP contribution in [0.1, 0.15) is 6.42 Å². The van der Waals surface area contributed by atoms with E-state index in [0.29, 0.717) is 31.5 Å². The first-order chi connectivity index (χ1) is 12.7. The van der Waals surface area contributed by atoms with Crippen LogP contribution in [0.2, 0.25) is 0 Å². The summed E-state index contributed by atoms with van der Waals surface area (Å²) in [5.41, 5.74) is 1.02. The van der Waals surface area contributed by atoms with E-state index in [1.807, 2.05) is 0 Å². The predicted octanol–water partition coefficient (Wildman–Crippen LogP) is 1.85. The molecule has 138 valence electrons. The Hall–Kier alpha value is -2.90. The quantitative estimate of drug-likeness (QED) is 0.658. The lowest BCUT2D eigenvalue weighted by Crippen LogP contribution is -2.40. The van der Waals surface area contributed by atoms with Gasteiger partial charge in [-0.15, -0.1) is 0 Å². The summed E-state index contributed by atoms with van der Waals surface area (Å²) in [6, 6.07) is 8.10. The number of rotatable bonds is 7. The molecule has 0 bridgehead atoms. The van der Waals surface area contributed by atoms with E-state index in [9.17, 15) is 9.18 Å². The molecule has 0 radical (unpaired) electrons. The van der Waals surface area contributed by atoms with Gasteiger partial charge in [-0.05, 0) is 42.7 Å². The molecule has 2 heterocycles. The molecule has 3 N–H and O–H groups in total. The molecule has 1 atom stereocenters. The molecule has 1 unspecified atom stereocenters. The number of urea groups is 1. The molecule has 0 saturated carbocycles. The van der Waals surface area contributed by atoms with Crippen LogP contribution in [-0.2, 0) is 0 Å². The zero-order valence-corrected chi connectivity index (χ0v) is 14.5.